The van der Waals surface area contributed by atoms with Crippen LogP contribution >= 0.6 is 0 Å². The molecule has 2 aliphatic rings. The number of nitrogens with one attached hydrogen (secondary N) is 1. The molecule has 4 rings (SSSR count). The molecular formula is C18H19N3O. The van der Waals surface area contributed by atoms with Gasteiger partial charge in [-0.3, -0.25) is 4.79 Å². The van der Waals surface area contributed by atoms with E-state index < -0.39 is 0 Å². The summed E-state index contributed by atoms with van der Waals surface area (Å²) in [7, 11) is 0. The SMILES string of the molecule is CC1=C(c2ccccc2)[C@H]1C(=O)NCc1cncn1C1CC1. The van der Waals surface area contributed by atoms with Crippen LogP contribution in [-0.4, -0.2) is 15.5 Å². The van der Waals surface area contributed by atoms with Gasteiger partial charge in [-0.25, -0.2) is 4.98 Å². The minimum Gasteiger partial charge on any atom is -0.350 e. The summed E-state index contributed by atoms with van der Waals surface area (Å²) < 4.78 is 2.19. The lowest BCUT2D eigenvalue weighted by Gasteiger charge is -2.08. The Morgan fingerprint density at radius 3 is 2.82 bits per heavy atom. The Kier molecular flexibility index (Phi) is 3.10. The van der Waals surface area contributed by atoms with Crippen molar-refractivity contribution < 1.29 is 4.79 Å². The molecule has 0 aliphatic heterocycles. The summed E-state index contributed by atoms with van der Waals surface area (Å²) in [6.07, 6.45) is 6.16. The highest BCUT2D eigenvalue weighted by molar-refractivity contribution is 6.05. The average molecular weight is 293 g/mol. The summed E-state index contributed by atoms with van der Waals surface area (Å²) >= 11 is 0. The molecule has 4 nitrogen and oxygen atoms in total. The molecule has 2 aliphatic carbocycles. The number of aromatic nitrogens is 2. The van der Waals surface area contributed by atoms with Crippen LogP contribution in [0.3, 0.4) is 0 Å². The Bertz CT molecular complexity index is 741. The van der Waals surface area contributed by atoms with E-state index in [1.165, 1.54) is 24.0 Å². The number of hydrogen-bond acceptors (Lipinski definition) is 2. The van der Waals surface area contributed by atoms with E-state index in [4.69, 9.17) is 0 Å². The van der Waals surface area contributed by atoms with Crippen LogP contribution in [0.4, 0.5) is 0 Å². The zero-order chi connectivity index (χ0) is 15.1. The predicted molar refractivity (Wildman–Crippen MR) is 84.9 cm³/mol. The van der Waals surface area contributed by atoms with Crippen molar-refractivity contribution in [3.05, 3.63) is 59.7 Å². The first-order valence-corrected chi connectivity index (χ1v) is 7.80. The fourth-order valence-electron chi connectivity index (χ4n) is 3.10. The maximum Gasteiger partial charge on any atom is 0.232 e. The zero-order valence-electron chi connectivity index (χ0n) is 12.6. The van der Waals surface area contributed by atoms with Crippen LogP contribution in [0.5, 0.6) is 0 Å². The van der Waals surface area contributed by atoms with Gasteiger partial charge in [0.1, 0.15) is 0 Å². The Balaban J connectivity index is 1.39. The molecule has 1 aromatic heterocycles. The topological polar surface area (TPSA) is 46.9 Å². The maximum atomic E-state index is 12.4. The molecule has 1 heterocycles. The van der Waals surface area contributed by atoms with Gasteiger partial charge >= 0.3 is 0 Å². The largest absolute Gasteiger partial charge is 0.350 e. The number of amides is 1. The van der Waals surface area contributed by atoms with Gasteiger partial charge < -0.3 is 9.88 Å². The molecule has 1 aromatic carbocycles. The monoisotopic (exact) mass is 293 g/mol. The average Bonchev–Trinajstić information content (AvgIpc) is 3.45. The first-order chi connectivity index (χ1) is 10.8. The zero-order valence-corrected chi connectivity index (χ0v) is 12.6. The third-order valence-corrected chi connectivity index (χ3v) is 4.54. The summed E-state index contributed by atoms with van der Waals surface area (Å²) in [6, 6.07) is 10.7. The van der Waals surface area contributed by atoms with Crippen LogP contribution in [0.1, 0.15) is 37.1 Å². The first kappa shape index (κ1) is 13.3. The van der Waals surface area contributed by atoms with Gasteiger partial charge in [0, 0.05) is 12.2 Å². The number of nitrogens with zero attached hydrogens (tertiary/aromatic N) is 2. The van der Waals surface area contributed by atoms with Crippen molar-refractivity contribution in [2.45, 2.75) is 32.4 Å². The van der Waals surface area contributed by atoms with E-state index in [0.717, 1.165) is 11.3 Å². The Labute approximate surface area is 129 Å². The van der Waals surface area contributed by atoms with Crippen molar-refractivity contribution in [1.29, 1.82) is 0 Å². The van der Waals surface area contributed by atoms with E-state index in [2.05, 4.69) is 27.0 Å². The number of hydrogen-bond donors (Lipinski definition) is 1. The van der Waals surface area contributed by atoms with Crippen molar-refractivity contribution in [3.63, 3.8) is 0 Å². The van der Waals surface area contributed by atoms with Crippen molar-refractivity contribution in [2.24, 2.45) is 5.92 Å². The molecule has 0 bridgehead atoms. The second-order valence-electron chi connectivity index (χ2n) is 6.14. The van der Waals surface area contributed by atoms with Crippen LogP contribution in [-0.2, 0) is 11.3 Å². The van der Waals surface area contributed by atoms with E-state index in [0.29, 0.717) is 12.6 Å². The Morgan fingerprint density at radius 2 is 2.09 bits per heavy atom. The summed E-state index contributed by atoms with van der Waals surface area (Å²) in [4.78, 5) is 16.6. The lowest BCUT2D eigenvalue weighted by atomic mass is 10.1. The van der Waals surface area contributed by atoms with Crippen LogP contribution in [0.15, 0.2) is 48.4 Å². The minimum absolute atomic E-state index is 0.0558. The number of imidazole rings is 1. The summed E-state index contributed by atoms with van der Waals surface area (Å²) in [5, 5.41) is 3.06. The van der Waals surface area contributed by atoms with Crippen LogP contribution in [0.25, 0.3) is 5.57 Å². The van der Waals surface area contributed by atoms with Crippen LogP contribution < -0.4 is 5.32 Å². The van der Waals surface area contributed by atoms with Gasteiger partial charge in [0.2, 0.25) is 5.91 Å². The molecule has 4 heteroatoms. The molecule has 1 atom stereocenters. The number of carbonyl (C=O) groups excluding carboxylic acids is 1. The normalized spacial score (nSPS) is 20.1. The fraction of sp³-hybridized carbons (Fsp3) is 0.333. The second kappa shape index (κ2) is 5.13. The lowest BCUT2D eigenvalue weighted by Crippen LogP contribution is -2.26. The molecule has 0 unspecified atom stereocenters. The highest BCUT2D eigenvalue weighted by atomic mass is 16.2. The number of carbonyl (C=O) groups is 1. The van der Waals surface area contributed by atoms with E-state index in [1.807, 2.05) is 37.6 Å². The molecule has 1 amide bonds. The number of rotatable bonds is 5. The quantitative estimate of drug-likeness (QED) is 0.921. The second-order valence-corrected chi connectivity index (χ2v) is 6.14. The molecular weight excluding hydrogens is 274 g/mol. The van der Waals surface area contributed by atoms with E-state index in [-0.39, 0.29) is 11.8 Å². The van der Waals surface area contributed by atoms with Crippen molar-refractivity contribution in [1.82, 2.24) is 14.9 Å². The highest BCUT2D eigenvalue weighted by Crippen LogP contribution is 2.46. The molecule has 0 spiro atoms. The van der Waals surface area contributed by atoms with Gasteiger partial charge in [-0.2, -0.15) is 0 Å². The predicted octanol–water partition coefficient (Wildman–Crippen LogP) is 2.94. The summed E-state index contributed by atoms with van der Waals surface area (Å²) in [5.41, 5.74) is 4.60. The summed E-state index contributed by atoms with van der Waals surface area (Å²) in [6.45, 7) is 2.60. The molecule has 0 radical (unpaired) electrons. The Morgan fingerprint density at radius 1 is 1.32 bits per heavy atom. The van der Waals surface area contributed by atoms with Crippen molar-refractivity contribution >= 4 is 11.5 Å². The van der Waals surface area contributed by atoms with Gasteiger partial charge in [0.05, 0.1) is 24.5 Å². The molecule has 0 saturated heterocycles. The third-order valence-electron chi connectivity index (χ3n) is 4.54. The van der Waals surface area contributed by atoms with Crippen molar-refractivity contribution in [3.8, 4) is 0 Å². The molecule has 1 N–H and O–H groups in total. The van der Waals surface area contributed by atoms with Gasteiger partial charge in [-0.05, 0) is 30.9 Å². The van der Waals surface area contributed by atoms with E-state index in [1.54, 1.807) is 0 Å². The van der Waals surface area contributed by atoms with Crippen molar-refractivity contribution in [2.75, 3.05) is 0 Å². The van der Waals surface area contributed by atoms with Gasteiger partial charge in [-0.15, -0.1) is 0 Å². The molecule has 112 valence electrons. The Hall–Kier alpha value is -2.36. The van der Waals surface area contributed by atoms with Gasteiger partial charge in [-0.1, -0.05) is 35.9 Å². The fourth-order valence-corrected chi connectivity index (χ4v) is 3.10. The molecule has 22 heavy (non-hydrogen) atoms. The first-order valence-electron chi connectivity index (χ1n) is 7.80. The maximum absolute atomic E-state index is 12.4. The van der Waals surface area contributed by atoms with E-state index in [9.17, 15) is 4.79 Å². The van der Waals surface area contributed by atoms with Crippen LogP contribution in [0.2, 0.25) is 0 Å². The van der Waals surface area contributed by atoms with Gasteiger partial charge in [0.15, 0.2) is 0 Å². The van der Waals surface area contributed by atoms with Crippen LogP contribution in [0, 0.1) is 5.92 Å². The smallest absolute Gasteiger partial charge is 0.232 e. The summed E-state index contributed by atoms with van der Waals surface area (Å²) in [5.74, 6) is 0.0413. The molecule has 1 fully saturated rings. The minimum atomic E-state index is -0.0558. The molecule has 2 aromatic rings. The third kappa shape index (κ3) is 2.34. The van der Waals surface area contributed by atoms with E-state index >= 15 is 0 Å². The standard InChI is InChI=1S/C18H19N3O/c1-12-16(13-5-3-2-4-6-13)17(12)18(22)20-10-15-9-19-11-21(15)14-7-8-14/h2-6,9,11,14,17H,7-8,10H2,1H3,(H,20,22)/t17-/m0/s1. The van der Waals surface area contributed by atoms with Gasteiger partial charge in [0.25, 0.3) is 0 Å². The highest BCUT2D eigenvalue weighted by Gasteiger charge is 2.39. The number of benzene rings is 1. The lowest BCUT2D eigenvalue weighted by molar-refractivity contribution is -0.121. The molecule has 1 saturated carbocycles.